The molecule has 7 heteroatoms. The van der Waals surface area contributed by atoms with E-state index in [1.165, 1.54) is 37.8 Å². The first-order valence-corrected chi connectivity index (χ1v) is 9.62. The van der Waals surface area contributed by atoms with Crippen LogP contribution in [0.4, 0.5) is 0 Å². The van der Waals surface area contributed by atoms with Crippen LogP contribution in [-0.2, 0) is 12.3 Å². The van der Waals surface area contributed by atoms with Crippen molar-refractivity contribution in [2.24, 2.45) is 0 Å². The third kappa shape index (κ3) is 3.59. The minimum Gasteiger partial charge on any atom is -0.320 e. The van der Waals surface area contributed by atoms with Gasteiger partial charge in [0.05, 0.1) is 11.4 Å². The van der Waals surface area contributed by atoms with Gasteiger partial charge in [0.2, 0.25) is 0 Å². The summed E-state index contributed by atoms with van der Waals surface area (Å²) in [5, 5.41) is 13.2. The summed E-state index contributed by atoms with van der Waals surface area (Å²) in [4.78, 5) is 4.81. The Morgan fingerprint density at radius 1 is 1.17 bits per heavy atom. The van der Waals surface area contributed by atoms with Crippen LogP contribution in [0.2, 0.25) is 0 Å². The highest BCUT2D eigenvalue weighted by molar-refractivity contribution is 7.98. The van der Waals surface area contributed by atoms with Gasteiger partial charge in [0.1, 0.15) is 0 Å². The van der Waals surface area contributed by atoms with E-state index in [0.717, 1.165) is 35.4 Å². The maximum absolute atomic E-state index is 4.81. The molecule has 2 aromatic heterocycles. The van der Waals surface area contributed by atoms with Crippen LogP contribution in [0.1, 0.15) is 68.7 Å². The Labute approximate surface area is 142 Å². The standard InChI is InChI=1S/C16H26N6S/c1-4-10-21-15(18-19-20-21)11-23-16-17-12(2)13(3)22(16)14-8-6-5-7-9-14/h14H,4-11H2,1-3H3. The lowest BCUT2D eigenvalue weighted by Crippen LogP contribution is -2.15. The minimum atomic E-state index is 0.610. The summed E-state index contributed by atoms with van der Waals surface area (Å²) < 4.78 is 4.37. The predicted octanol–water partition coefficient (Wildman–Crippen LogP) is 3.69. The SMILES string of the molecule is CCCn1nnnc1CSc1nc(C)c(C)n1C1CCCCC1. The highest BCUT2D eigenvalue weighted by Gasteiger charge is 2.22. The summed E-state index contributed by atoms with van der Waals surface area (Å²) in [6.45, 7) is 7.32. The van der Waals surface area contributed by atoms with Gasteiger partial charge in [0, 0.05) is 18.3 Å². The third-order valence-corrected chi connectivity index (χ3v) is 5.61. The molecule has 1 fully saturated rings. The maximum atomic E-state index is 4.81. The summed E-state index contributed by atoms with van der Waals surface area (Å²) in [5.41, 5.74) is 2.46. The Balaban J connectivity index is 1.77. The monoisotopic (exact) mass is 334 g/mol. The number of thioether (sulfide) groups is 1. The lowest BCUT2D eigenvalue weighted by atomic mass is 9.95. The van der Waals surface area contributed by atoms with E-state index >= 15 is 0 Å². The predicted molar refractivity (Wildman–Crippen MR) is 91.5 cm³/mol. The number of hydrogen-bond acceptors (Lipinski definition) is 5. The largest absolute Gasteiger partial charge is 0.320 e. The molecular weight excluding hydrogens is 308 g/mol. The van der Waals surface area contributed by atoms with E-state index in [1.807, 2.05) is 4.68 Å². The molecule has 1 aliphatic rings. The number of nitrogens with zero attached hydrogens (tertiary/aromatic N) is 6. The van der Waals surface area contributed by atoms with E-state index in [0.29, 0.717) is 6.04 Å². The summed E-state index contributed by atoms with van der Waals surface area (Å²) >= 11 is 1.76. The van der Waals surface area contributed by atoms with Crippen LogP contribution in [0.15, 0.2) is 5.16 Å². The first-order chi connectivity index (χ1) is 11.2. The van der Waals surface area contributed by atoms with E-state index in [1.54, 1.807) is 11.8 Å². The normalized spacial score (nSPS) is 16.1. The van der Waals surface area contributed by atoms with Gasteiger partial charge in [-0.1, -0.05) is 37.9 Å². The summed E-state index contributed by atoms with van der Waals surface area (Å²) in [6.07, 6.45) is 7.63. The van der Waals surface area contributed by atoms with E-state index < -0.39 is 0 Å². The molecular formula is C16H26N6S. The second-order valence-electron chi connectivity index (χ2n) is 6.33. The molecule has 0 aromatic carbocycles. The molecule has 0 aliphatic heterocycles. The molecule has 2 aromatic rings. The molecule has 0 N–H and O–H groups in total. The molecule has 0 unspecified atom stereocenters. The van der Waals surface area contributed by atoms with Gasteiger partial charge in [0.15, 0.2) is 11.0 Å². The zero-order valence-electron chi connectivity index (χ0n) is 14.3. The molecule has 0 spiro atoms. The van der Waals surface area contributed by atoms with Gasteiger partial charge in [-0.25, -0.2) is 9.67 Å². The summed E-state index contributed by atoms with van der Waals surface area (Å²) in [5.74, 6) is 1.71. The molecule has 2 heterocycles. The summed E-state index contributed by atoms with van der Waals surface area (Å²) in [6, 6.07) is 0.610. The molecule has 23 heavy (non-hydrogen) atoms. The van der Waals surface area contributed by atoms with Crippen LogP contribution < -0.4 is 0 Å². The lowest BCUT2D eigenvalue weighted by Gasteiger charge is -2.26. The van der Waals surface area contributed by atoms with E-state index in [4.69, 9.17) is 4.98 Å². The van der Waals surface area contributed by atoms with E-state index in [9.17, 15) is 0 Å². The highest BCUT2D eigenvalue weighted by atomic mass is 32.2. The van der Waals surface area contributed by atoms with Crippen molar-refractivity contribution in [1.29, 1.82) is 0 Å². The number of tetrazole rings is 1. The molecule has 1 saturated carbocycles. The van der Waals surface area contributed by atoms with Crippen molar-refractivity contribution in [2.75, 3.05) is 0 Å². The second-order valence-corrected chi connectivity index (χ2v) is 7.28. The first-order valence-electron chi connectivity index (χ1n) is 8.64. The molecule has 0 saturated heterocycles. The fourth-order valence-corrected chi connectivity index (χ4v) is 4.40. The van der Waals surface area contributed by atoms with Crippen LogP contribution in [0.25, 0.3) is 0 Å². The van der Waals surface area contributed by atoms with Gasteiger partial charge >= 0.3 is 0 Å². The van der Waals surface area contributed by atoms with Gasteiger partial charge in [-0.05, 0) is 43.5 Å². The van der Waals surface area contributed by atoms with Gasteiger partial charge in [-0.2, -0.15) is 0 Å². The van der Waals surface area contributed by atoms with Gasteiger partial charge in [-0.3, -0.25) is 0 Å². The first kappa shape index (κ1) is 16.5. The topological polar surface area (TPSA) is 61.4 Å². The molecule has 0 atom stereocenters. The Morgan fingerprint density at radius 2 is 1.96 bits per heavy atom. The van der Waals surface area contributed by atoms with Crippen molar-refractivity contribution >= 4 is 11.8 Å². The summed E-state index contributed by atoms with van der Waals surface area (Å²) in [7, 11) is 0. The van der Waals surface area contributed by atoms with Crippen molar-refractivity contribution in [3.05, 3.63) is 17.2 Å². The van der Waals surface area contributed by atoms with E-state index in [2.05, 4.69) is 40.9 Å². The van der Waals surface area contributed by atoms with Crippen molar-refractivity contribution in [3.8, 4) is 0 Å². The molecule has 3 rings (SSSR count). The molecule has 0 bridgehead atoms. The van der Waals surface area contributed by atoms with Gasteiger partial charge in [-0.15, -0.1) is 5.10 Å². The van der Waals surface area contributed by atoms with Crippen molar-refractivity contribution < 1.29 is 0 Å². The molecule has 6 nitrogen and oxygen atoms in total. The van der Waals surface area contributed by atoms with E-state index in [-0.39, 0.29) is 0 Å². The van der Waals surface area contributed by atoms with Crippen LogP contribution in [-0.4, -0.2) is 29.8 Å². The number of aryl methyl sites for hydroxylation is 2. The van der Waals surface area contributed by atoms with Crippen LogP contribution in [0.5, 0.6) is 0 Å². The van der Waals surface area contributed by atoms with Gasteiger partial charge in [0.25, 0.3) is 0 Å². The number of hydrogen-bond donors (Lipinski definition) is 0. The molecule has 1 aliphatic carbocycles. The Morgan fingerprint density at radius 3 is 2.70 bits per heavy atom. The Bertz CT molecular complexity index is 641. The average molecular weight is 334 g/mol. The van der Waals surface area contributed by atoms with Crippen LogP contribution in [0.3, 0.4) is 0 Å². The Kier molecular flexibility index (Phi) is 5.35. The number of rotatable bonds is 6. The quantitative estimate of drug-likeness (QED) is 0.754. The lowest BCUT2D eigenvalue weighted by molar-refractivity contribution is 0.332. The Hall–Kier alpha value is -1.37. The maximum Gasteiger partial charge on any atom is 0.169 e. The fraction of sp³-hybridized carbons (Fsp3) is 0.750. The van der Waals surface area contributed by atoms with Crippen LogP contribution >= 0.6 is 11.8 Å². The molecule has 0 radical (unpaired) electrons. The second kappa shape index (κ2) is 7.47. The third-order valence-electron chi connectivity index (χ3n) is 4.67. The van der Waals surface area contributed by atoms with Crippen molar-refractivity contribution in [1.82, 2.24) is 29.8 Å². The highest BCUT2D eigenvalue weighted by Crippen LogP contribution is 2.34. The zero-order chi connectivity index (χ0) is 16.2. The molecule has 0 amide bonds. The minimum absolute atomic E-state index is 0.610. The average Bonchev–Trinajstić information content (AvgIpc) is 3.11. The van der Waals surface area contributed by atoms with Gasteiger partial charge < -0.3 is 4.57 Å². The van der Waals surface area contributed by atoms with Crippen molar-refractivity contribution in [3.63, 3.8) is 0 Å². The molecule has 126 valence electrons. The fourth-order valence-electron chi connectivity index (χ4n) is 3.31. The number of imidazole rings is 1. The smallest absolute Gasteiger partial charge is 0.169 e. The van der Waals surface area contributed by atoms with Crippen LogP contribution in [0, 0.1) is 13.8 Å². The number of aromatic nitrogens is 6. The zero-order valence-corrected chi connectivity index (χ0v) is 15.1. The van der Waals surface area contributed by atoms with Crippen molar-refractivity contribution in [2.45, 2.75) is 82.8 Å².